The van der Waals surface area contributed by atoms with E-state index in [4.69, 9.17) is 21.7 Å². The Bertz CT molecular complexity index is 714. The molecule has 1 unspecified atom stereocenters. The van der Waals surface area contributed by atoms with Gasteiger partial charge in [0, 0.05) is 6.07 Å². The van der Waals surface area contributed by atoms with E-state index in [2.05, 4.69) is 17.1 Å². The van der Waals surface area contributed by atoms with E-state index in [1.807, 2.05) is 31.2 Å². The van der Waals surface area contributed by atoms with Gasteiger partial charge in [-0.15, -0.1) is 0 Å². The monoisotopic (exact) mass is 327 g/mol. The molecule has 0 saturated carbocycles. The number of aryl methyl sites for hydroxylation is 2. The lowest BCUT2D eigenvalue weighted by molar-refractivity contribution is 0.395. The first-order chi connectivity index (χ1) is 11.2. The fourth-order valence-electron chi connectivity index (χ4n) is 2.88. The number of aromatic nitrogens is 1. The fraction of sp³-hybridized carbons (Fsp3) is 0.368. The lowest BCUT2D eigenvalue weighted by Crippen LogP contribution is -2.15. The van der Waals surface area contributed by atoms with Crippen LogP contribution in [-0.2, 0) is 12.8 Å². The van der Waals surface area contributed by atoms with Crippen molar-refractivity contribution in [2.45, 2.75) is 38.5 Å². The maximum Gasteiger partial charge on any atom is 0.213 e. The minimum Gasteiger partial charge on any atom is -0.481 e. The summed E-state index contributed by atoms with van der Waals surface area (Å²) < 4.78 is 11.1. The highest BCUT2D eigenvalue weighted by atomic mass is 32.1. The Balaban J connectivity index is 1.73. The Kier molecular flexibility index (Phi) is 4.91. The van der Waals surface area contributed by atoms with Crippen molar-refractivity contribution in [3.05, 3.63) is 53.2 Å². The number of benzene rings is 1. The summed E-state index contributed by atoms with van der Waals surface area (Å²) in [7, 11) is 1.61. The highest BCUT2D eigenvalue weighted by Crippen LogP contribution is 2.27. The van der Waals surface area contributed by atoms with Crippen LogP contribution in [0.15, 0.2) is 36.4 Å². The summed E-state index contributed by atoms with van der Waals surface area (Å²) in [5, 5.41) is 0.529. The molecule has 0 amide bonds. The summed E-state index contributed by atoms with van der Waals surface area (Å²) in [6.45, 7) is 2.00. The van der Waals surface area contributed by atoms with Gasteiger partial charge in [0.2, 0.25) is 5.88 Å². The lowest BCUT2D eigenvalue weighted by atomic mass is 9.92. The molecule has 3 rings (SSSR count). The van der Waals surface area contributed by atoms with Crippen molar-refractivity contribution >= 4 is 17.3 Å². The molecule has 0 radical (unpaired) electrons. The first kappa shape index (κ1) is 15.9. The maximum atomic E-state index is 5.92. The molecule has 0 spiro atoms. The van der Waals surface area contributed by atoms with Crippen molar-refractivity contribution in [1.29, 1.82) is 0 Å². The van der Waals surface area contributed by atoms with Gasteiger partial charge < -0.3 is 9.47 Å². The third-order valence-electron chi connectivity index (χ3n) is 4.29. The number of fused-ring (bicyclic) bond motifs is 1. The van der Waals surface area contributed by atoms with Gasteiger partial charge in [-0.3, -0.25) is 0 Å². The molecule has 0 aliphatic heterocycles. The van der Waals surface area contributed by atoms with Crippen molar-refractivity contribution in [3.63, 3.8) is 0 Å². The second kappa shape index (κ2) is 7.09. The molecule has 23 heavy (non-hydrogen) atoms. The molecule has 1 heterocycles. The first-order valence-electron chi connectivity index (χ1n) is 8.02. The predicted molar refractivity (Wildman–Crippen MR) is 95.5 cm³/mol. The number of hydrogen-bond acceptors (Lipinski definition) is 4. The van der Waals surface area contributed by atoms with Gasteiger partial charge in [-0.1, -0.05) is 12.1 Å². The molecule has 2 aromatic rings. The number of thiocarbonyl (C=S) groups is 1. The van der Waals surface area contributed by atoms with Gasteiger partial charge in [-0.2, -0.15) is 0 Å². The molecule has 3 nitrogen and oxygen atoms in total. The quantitative estimate of drug-likeness (QED) is 0.775. The van der Waals surface area contributed by atoms with Crippen LogP contribution >= 0.6 is 12.2 Å². The van der Waals surface area contributed by atoms with Crippen molar-refractivity contribution in [2.24, 2.45) is 0 Å². The Morgan fingerprint density at radius 1 is 1.13 bits per heavy atom. The lowest BCUT2D eigenvalue weighted by Gasteiger charge is -2.18. The van der Waals surface area contributed by atoms with Gasteiger partial charge in [-0.05, 0) is 74.2 Å². The average Bonchev–Trinajstić information content (AvgIpc) is 2.61. The molecule has 0 bridgehead atoms. The molecular formula is C19H21NO2S. The van der Waals surface area contributed by atoms with Crippen molar-refractivity contribution < 1.29 is 9.47 Å². The smallest absolute Gasteiger partial charge is 0.213 e. The van der Waals surface area contributed by atoms with Crippen molar-refractivity contribution in [2.75, 3.05) is 7.11 Å². The van der Waals surface area contributed by atoms with Crippen LogP contribution < -0.4 is 9.47 Å². The second-order valence-electron chi connectivity index (χ2n) is 5.89. The van der Waals surface area contributed by atoms with Crippen LogP contribution in [0.5, 0.6) is 11.6 Å². The van der Waals surface area contributed by atoms with Gasteiger partial charge in [0.05, 0.1) is 18.7 Å². The van der Waals surface area contributed by atoms with Crippen LogP contribution in [0.1, 0.15) is 42.5 Å². The number of pyridine rings is 1. The van der Waals surface area contributed by atoms with E-state index in [0.717, 1.165) is 17.9 Å². The second-order valence-corrected chi connectivity index (χ2v) is 6.29. The van der Waals surface area contributed by atoms with Crippen LogP contribution in [0.3, 0.4) is 0 Å². The molecule has 0 saturated heterocycles. The van der Waals surface area contributed by atoms with Crippen LogP contribution in [0.4, 0.5) is 0 Å². The SMILES string of the molecule is COc1cccc(C(C)C(=S)Oc2ccc3c(c2)CCCC3)n1. The molecule has 1 aromatic heterocycles. The number of nitrogens with zero attached hydrogens (tertiary/aromatic N) is 1. The average molecular weight is 327 g/mol. The number of ether oxygens (including phenoxy) is 2. The van der Waals surface area contributed by atoms with E-state index in [0.29, 0.717) is 10.9 Å². The van der Waals surface area contributed by atoms with E-state index >= 15 is 0 Å². The van der Waals surface area contributed by atoms with Crippen LogP contribution in [0, 0.1) is 0 Å². The standard InChI is InChI=1S/C19H21NO2S/c1-13(17-8-5-9-18(20-17)21-2)19(23)22-16-11-10-14-6-3-4-7-15(14)12-16/h5,8-13H,3-4,6-7H2,1-2H3. The molecule has 1 aliphatic carbocycles. The predicted octanol–water partition coefficient (Wildman–Crippen LogP) is 4.48. The van der Waals surface area contributed by atoms with Gasteiger partial charge in [0.1, 0.15) is 5.75 Å². The Morgan fingerprint density at radius 3 is 2.70 bits per heavy atom. The van der Waals surface area contributed by atoms with Gasteiger partial charge in [-0.25, -0.2) is 4.98 Å². The third-order valence-corrected chi connectivity index (χ3v) is 4.73. The summed E-state index contributed by atoms with van der Waals surface area (Å²) >= 11 is 5.47. The van der Waals surface area contributed by atoms with Crippen LogP contribution in [0.25, 0.3) is 0 Å². The minimum absolute atomic E-state index is 0.0730. The summed E-state index contributed by atoms with van der Waals surface area (Å²) in [5.41, 5.74) is 3.69. The highest BCUT2D eigenvalue weighted by molar-refractivity contribution is 7.80. The van der Waals surface area contributed by atoms with E-state index in [1.54, 1.807) is 7.11 Å². The maximum absolute atomic E-state index is 5.92. The zero-order chi connectivity index (χ0) is 16.2. The summed E-state index contributed by atoms with van der Waals surface area (Å²) in [6.07, 6.45) is 4.84. The summed E-state index contributed by atoms with van der Waals surface area (Å²) in [5.74, 6) is 1.34. The van der Waals surface area contributed by atoms with Crippen LogP contribution in [0.2, 0.25) is 0 Å². The van der Waals surface area contributed by atoms with Gasteiger partial charge in [0.25, 0.3) is 0 Å². The van der Waals surface area contributed by atoms with Crippen molar-refractivity contribution in [3.8, 4) is 11.6 Å². The van der Waals surface area contributed by atoms with Gasteiger partial charge in [0.15, 0.2) is 5.05 Å². The number of rotatable bonds is 4. The topological polar surface area (TPSA) is 31.4 Å². The Morgan fingerprint density at radius 2 is 1.91 bits per heavy atom. The summed E-state index contributed by atoms with van der Waals surface area (Å²) in [6, 6.07) is 12.0. The van der Waals surface area contributed by atoms with Gasteiger partial charge >= 0.3 is 0 Å². The number of methoxy groups -OCH3 is 1. The summed E-state index contributed by atoms with van der Waals surface area (Å²) in [4.78, 5) is 4.43. The normalized spacial score (nSPS) is 14.7. The van der Waals surface area contributed by atoms with Crippen LogP contribution in [-0.4, -0.2) is 17.1 Å². The minimum atomic E-state index is -0.0730. The van der Waals surface area contributed by atoms with Crippen molar-refractivity contribution in [1.82, 2.24) is 4.98 Å². The Hall–Kier alpha value is -1.94. The molecule has 1 atom stereocenters. The molecule has 0 fully saturated rings. The fourth-order valence-corrected chi connectivity index (χ4v) is 3.10. The number of hydrogen-bond donors (Lipinski definition) is 0. The highest BCUT2D eigenvalue weighted by Gasteiger charge is 2.17. The zero-order valence-electron chi connectivity index (χ0n) is 13.5. The van der Waals surface area contributed by atoms with E-state index in [9.17, 15) is 0 Å². The molecule has 120 valence electrons. The van der Waals surface area contributed by atoms with E-state index in [-0.39, 0.29) is 5.92 Å². The molecule has 1 aromatic carbocycles. The van der Waals surface area contributed by atoms with E-state index < -0.39 is 0 Å². The molecule has 4 heteroatoms. The molecular weight excluding hydrogens is 306 g/mol. The zero-order valence-corrected chi connectivity index (χ0v) is 14.4. The first-order valence-corrected chi connectivity index (χ1v) is 8.42. The molecule has 1 aliphatic rings. The third kappa shape index (κ3) is 3.70. The largest absolute Gasteiger partial charge is 0.481 e. The Labute approximate surface area is 142 Å². The molecule has 0 N–H and O–H groups in total. The van der Waals surface area contributed by atoms with E-state index in [1.165, 1.54) is 30.4 Å².